The molecule has 1 heterocycles. The Morgan fingerprint density at radius 2 is 2.26 bits per heavy atom. The van der Waals surface area contributed by atoms with Crippen molar-refractivity contribution >= 4 is 17.3 Å². The maximum atomic E-state index is 12.3. The molecule has 1 N–H and O–H groups in total. The Morgan fingerprint density at radius 1 is 1.53 bits per heavy atom. The van der Waals surface area contributed by atoms with Crippen molar-refractivity contribution in [3.8, 4) is 0 Å². The fourth-order valence-corrected chi connectivity index (χ4v) is 2.79. The van der Waals surface area contributed by atoms with Crippen molar-refractivity contribution in [1.29, 1.82) is 0 Å². The lowest BCUT2D eigenvalue weighted by molar-refractivity contribution is 0.262. The van der Waals surface area contributed by atoms with Gasteiger partial charge in [-0.1, -0.05) is 24.9 Å². The van der Waals surface area contributed by atoms with E-state index < -0.39 is 0 Å². The van der Waals surface area contributed by atoms with Crippen LogP contribution in [0.4, 0.5) is 5.69 Å². The summed E-state index contributed by atoms with van der Waals surface area (Å²) in [6.07, 6.45) is 6.52. The molecule has 0 bridgehead atoms. The van der Waals surface area contributed by atoms with Gasteiger partial charge in [-0.3, -0.25) is 4.79 Å². The first-order chi connectivity index (χ1) is 9.15. The van der Waals surface area contributed by atoms with Gasteiger partial charge in [-0.15, -0.1) is 0 Å². The second-order valence-electron chi connectivity index (χ2n) is 6.01. The summed E-state index contributed by atoms with van der Waals surface area (Å²) >= 11 is 6.09. The molecule has 0 saturated heterocycles. The molecule has 1 aromatic rings. The summed E-state index contributed by atoms with van der Waals surface area (Å²) < 4.78 is 1.56. The Morgan fingerprint density at radius 3 is 2.84 bits per heavy atom. The fraction of sp³-hybridized carbons (Fsp3) is 0.714. The maximum Gasteiger partial charge on any atom is 0.291 e. The Hall–Kier alpha value is -1.03. The molecule has 3 rings (SSSR count). The first kappa shape index (κ1) is 13.0. The van der Waals surface area contributed by atoms with Crippen molar-refractivity contribution in [2.24, 2.45) is 17.8 Å². The van der Waals surface area contributed by atoms with Crippen molar-refractivity contribution in [2.75, 3.05) is 11.9 Å². The molecule has 104 valence electrons. The highest BCUT2D eigenvalue weighted by atomic mass is 35.5. The van der Waals surface area contributed by atoms with Crippen LogP contribution in [-0.4, -0.2) is 16.3 Å². The van der Waals surface area contributed by atoms with Crippen LogP contribution >= 0.6 is 11.6 Å². The molecule has 2 aliphatic carbocycles. The van der Waals surface area contributed by atoms with Gasteiger partial charge in [-0.2, -0.15) is 5.10 Å². The van der Waals surface area contributed by atoms with Gasteiger partial charge in [0.05, 0.1) is 11.2 Å². The summed E-state index contributed by atoms with van der Waals surface area (Å²) in [4.78, 5) is 12.3. The van der Waals surface area contributed by atoms with Crippen LogP contribution in [0, 0.1) is 17.8 Å². The van der Waals surface area contributed by atoms with Crippen LogP contribution in [0.5, 0.6) is 0 Å². The molecule has 0 radical (unpaired) electrons. The maximum absolute atomic E-state index is 12.3. The van der Waals surface area contributed by atoms with Crippen LogP contribution in [0.2, 0.25) is 5.02 Å². The number of rotatable bonds is 5. The van der Waals surface area contributed by atoms with E-state index >= 15 is 0 Å². The van der Waals surface area contributed by atoms with Crippen molar-refractivity contribution in [2.45, 2.75) is 39.2 Å². The van der Waals surface area contributed by atoms with Crippen LogP contribution < -0.4 is 10.9 Å². The summed E-state index contributed by atoms with van der Waals surface area (Å²) in [5.74, 6) is 2.07. The Balaban J connectivity index is 1.73. The molecule has 4 nitrogen and oxygen atoms in total. The minimum absolute atomic E-state index is 0.0762. The molecule has 0 aliphatic heterocycles. The van der Waals surface area contributed by atoms with E-state index in [2.05, 4.69) is 17.3 Å². The normalized spacial score (nSPS) is 26.0. The lowest BCUT2D eigenvalue weighted by Crippen LogP contribution is -2.31. The van der Waals surface area contributed by atoms with E-state index in [-0.39, 0.29) is 5.56 Å². The van der Waals surface area contributed by atoms with Gasteiger partial charge in [-0.05, 0) is 37.0 Å². The first-order valence-corrected chi connectivity index (χ1v) is 7.52. The predicted octanol–water partition coefficient (Wildman–Crippen LogP) is 2.76. The fourth-order valence-electron chi connectivity index (χ4n) is 2.60. The summed E-state index contributed by atoms with van der Waals surface area (Å²) in [6.45, 7) is 3.80. The molecule has 0 spiro atoms. The summed E-state index contributed by atoms with van der Waals surface area (Å²) in [7, 11) is 0. The van der Waals surface area contributed by atoms with E-state index in [0.717, 1.165) is 19.0 Å². The molecule has 19 heavy (non-hydrogen) atoms. The number of halogens is 1. The van der Waals surface area contributed by atoms with Crippen molar-refractivity contribution in [3.63, 3.8) is 0 Å². The minimum atomic E-state index is -0.0762. The average Bonchev–Trinajstić information content (AvgIpc) is 3.02. The lowest BCUT2D eigenvalue weighted by atomic mass is 9.85. The standard InChI is InChI=1S/C14H20ClN3O/c1-9-5-11(9)6-16-13-12(15)7-17-18(14(13)19)8-10-3-2-4-10/h7,9-11,16H,2-6,8H2,1H3. The number of aromatic nitrogens is 2. The van der Waals surface area contributed by atoms with Gasteiger partial charge in [0, 0.05) is 13.1 Å². The molecule has 2 aliphatic rings. The van der Waals surface area contributed by atoms with Crippen LogP contribution in [0.15, 0.2) is 11.0 Å². The zero-order valence-electron chi connectivity index (χ0n) is 11.2. The molecule has 0 aromatic carbocycles. The van der Waals surface area contributed by atoms with Crippen molar-refractivity contribution in [3.05, 3.63) is 21.6 Å². The molecule has 5 heteroatoms. The second-order valence-corrected chi connectivity index (χ2v) is 6.41. The lowest BCUT2D eigenvalue weighted by Gasteiger charge is -2.25. The van der Waals surface area contributed by atoms with Gasteiger partial charge >= 0.3 is 0 Å². The van der Waals surface area contributed by atoms with E-state index in [9.17, 15) is 4.79 Å². The largest absolute Gasteiger partial charge is 0.379 e. The molecule has 1 aromatic heterocycles. The Labute approximate surface area is 118 Å². The van der Waals surface area contributed by atoms with Gasteiger partial charge < -0.3 is 5.32 Å². The number of nitrogens with zero attached hydrogens (tertiary/aromatic N) is 2. The summed E-state index contributed by atoms with van der Waals surface area (Å²) in [5, 5.41) is 7.80. The summed E-state index contributed by atoms with van der Waals surface area (Å²) in [5.41, 5.74) is 0.447. The van der Waals surface area contributed by atoms with Gasteiger partial charge in [0.15, 0.2) is 0 Å². The van der Waals surface area contributed by atoms with E-state index in [1.165, 1.54) is 25.7 Å². The number of nitrogens with one attached hydrogen (secondary N) is 1. The minimum Gasteiger partial charge on any atom is -0.379 e. The van der Waals surface area contributed by atoms with Crippen molar-refractivity contribution in [1.82, 2.24) is 9.78 Å². The van der Waals surface area contributed by atoms with Crippen LogP contribution in [0.1, 0.15) is 32.6 Å². The number of hydrogen-bond donors (Lipinski definition) is 1. The molecule has 0 amide bonds. The smallest absolute Gasteiger partial charge is 0.291 e. The van der Waals surface area contributed by atoms with E-state index in [0.29, 0.717) is 22.5 Å². The van der Waals surface area contributed by atoms with E-state index in [4.69, 9.17) is 11.6 Å². The molecule has 2 fully saturated rings. The first-order valence-electron chi connectivity index (χ1n) is 7.14. The monoisotopic (exact) mass is 281 g/mol. The van der Waals surface area contributed by atoms with Crippen LogP contribution in [-0.2, 0) is 6.54 Å². The Kier molecular flexibility index (Phi) is 3.52. The van der Waals surface area contributed by atoms with Crippen molar-refractivity contribution < 1.29 is 0 Å². The average molecular weight is 282 g/mol. The zero-order valence-corrected chi connectivity index (χ0v) is 12.0. The molecular weight excluding hydrogens is 262 g/mol. The van der Waals surface area contributed by atoms with Gasteiger partial charge in [0.2, 0.25) is 0 Å². The van der Waals surface area contributed by atoms with Gasteiger partial charge in [-0.25, -0.2) is 4.68 Å². The topological polar surface area (TPSA) is 46.9 Å². The highest BCUT2D eigenvalue weighted by Crippen LogP contribution is 2.37. The van der Waals surface area contributed by atoms with Gasteiger partial charge in [0.25, 0.3) is 5.56 Å². The quantitative estimate of drug-likeness (QED) is 0.903. The molecular formula is C14H20ClN3O. The SMILES string of the molecule is CC1CC1CNc1c(Cl)cnn(CC2CCC2)c1=O. The molecule has 2 atom stereocenters. The third kappa shape index (κ3) is 2.78. The third-order valence-corrected chi connectivity index (χ3v) is 4.76. The highest BCUT2D eigenvalue weighted by Gasteiger charge is 2.32. The second kappa shape index (κ2) is 5.16. The van der Waals surface area contributed by atoms with E-state index in [1.54, 1.807) is 10.9 Å². The van der Waals surface area contributed by atoms with Gasteiger partial charge in [0.1, 0.15) is 5.69 Å². The number of anilines is 1. The third-order valence-electron chi connectivity index (χ3n) is 4.47. The number of hydrogen-bond acceptors (Lipinski definition) is 3. The van der Waals surface area contributed by atoms with Crippen LogP contribution in [0.25, 0.3) is 0 Å². The molecule has 2 saturated carbocycles. The predicted molar refractivity (Wildman–Crippen MR) is 76.6 cm³/mol. The Bertz CT molecular complexity index is 524. The highest BCUT2D eigenvalue weighted by molar-refractivity contribution is 6.32. The van der Waals surface area contributed by atoms with E-state index in [1.807, 2.05) is 0 Å². The summed E-state index contributed by atoms with van der Waals surface area (Å²) in [6, 6.07) is 0. The van der Waals surface area contributed by atoms with Crippen LogP contribution in [0.3, 0.4) is 0 Å². The zero-order chi connectivity index (χ0) is 13.4. The molecule has 2 unspecified atom stereocenters.